The van der Waals surface area contributed by atoms with Crippen LogP contribution in [0.15, 0.2) is 18.6 Å². The van der Waals surface area contributed by atoms with Crippen molar-refractivity contribution >= 4 is 0 Å². The number of nitrogens with zero attached hydrogens (tertiary/aromatic N) is 3. The first-order valence-electron chi connectivity index (χ1n) is 4.46. The zero-order valence-electron chi connectivity index (χ0n) is 8.51. The SMILES string of the molecule is COc1cnn(C)c1C(O)c1cn[nH]c1. The van der Waals surface area contributed by atoms with Gasteiger partial charge in [0.05, 0.1) is 19.5 Å². The molecule has 15 heavy (non-hydrogen) atoms. The first-order chi connectivity index (χ1) is 7.24. The molecular weight excluding hydrogens is 196 g/mol. The third-order valence-corrected chi connectivity index (χ3v) is 2.26. The lowest BCUT2D eigenvalue weighted by molar-refractivity contribution is 0.204. The average Bonchev–Trinajstić information content (AvgIpc) is 2.85. The molecule has 0 aliphatic rings. The molecule has 1 atom stereocenters. The highest BCUT2D eigenvalue weighted by Crippen LogP contribution is 2.28. The smallest absolute Gasteiger partial charge is 0.162 e. The van der Waals surface area contributed by atoms with Crippen molar-refractivity contribution in [2.45, 2.75) is 6.10 Å². The quantitative estimate of drug-likeness (QED) is 0.757. The molecule has 2 aromatic heterocycles. The van der Waals surface area contributed by atoms with Gasteiger partial charge in [-0.15, -0.1) is 0 Å². The minimum atomic E-state index is -0.786. The molecule has 2 aromatic rings. The lowest BCUT2D eigenvalue weighted by atomic mass is 10.1. The van der Waals surface area contributed by atoms with E-state index in [9.17, 15) is 5.11 Å². The summed E-state index contributed by atoms with van der Waals surface area (Å²) in [7, 11) is 3.30. The van der Waals surface area contributed by atoms with Gasteiger partial charge >= 0.3 is 0 Å². The maximum Gasteiger partial charge on any atom is 0.162 e. The van der Waals surface area contributed by atoms with Crippen molar-refractivity contribution in [3.05, 3.63) is 29.8 Å². The number of nitrogens with one attached hydrogen (secondary N) is 1. The molecule has 1 unspecified atom stereocenters. The summed E-state index contributed by atoms with van der Waals surface area (Å²) in [4.78, 5) is 0. The number of aliphatic hydroxyl groups excluding tert-OH is 1. The van der Waals surface area contributed by atoms with Crippen LogP contribution in [0.1, 0.15) is 17.4 Å². The highest BCUT2D eigenvalue weighted by atomic mass is 16.5. The molecule has 2 N–H and O–H groups in total. The number of rotatable bonds is 3. The summed E-state index contributed by atoms with van der Waals surface area (Å²) in [5, 5.41) is 20.5. The number of aromatic nitrogens is 4. The van der Waals surface area contributed by atoms with Crippen molar-refractivity contribution in [1.82, 2.24) is 20.0 Å². The molecule has 0 amide bonds. The lowest BCUT2D eigenvalue weighted by Crippen LogP contribution is -2.07. The zero-order valence-corrected chi connectivity index (χ0v) is 8.51. The Kier molecular flexibility index (Phi) is 2.42. The predicted octanol–water partition coefficient (Wildman–Crippen LogP) is 0.233. The molecule has 0 bridgehead atoms. The van der Waals surface area contributed by atoms with E-state index >= 15 is 0 Å². The summed E-state index contributed by atoms with van der Waals surface area (Å²) in [6.45, 7) is 0. The molecule has 80 valence electrons. The number of methoxy groups -OCH3 is 1. The van der Waals surface area contributed by atoms with Crippen LogP contribution in [0.25, 0.3) is 0 Å². The molecule has 0 aliphatic carbocycles. The Hall–Kier alpha value is -1.82. The number of aryl methyl sites for hydroxylation is 1. The van der Waals surface area contributed by atoms with E-state index in [-0.39, 0.29) is 0 Å². The van der Waals surface area contributed by atoms with Crippen LogP contribution in [0.4, 0.5) is 0 Å². The van der Waals surface area contributed by atoms with Crippen LogP contribution in [0.2, 0.25) is 0 Å². The molecule has 2 heterocycles. The van der Waals surface area contributed by atoms with E-state index in [2.05, 4.69) is 15.3 Å². The lowest BCUT2D eigenvalue weighted by Gasteiger charge is -2.10. The van der Waals surface area contributed by atoms with Crippen molar-refractivity contribution in [3.63, 3.8) is 0 Å². The molecule has 6 heteroatoms. The van der Waals surface area contributed by atoms with Gasteiger partial charge in [0.2, 0.25) is 0 Å². The molecular formula is C9H12N4O2. The number of hydrogen-bond donors (Lipinski definition) is 2. The fraction of sp³-hybridized carbons (Fsp3) is 0.333. The molecule has 0 aliphatic heterocycles. The van der Waals surface area contributed by atoms with Crippen LogP contribution >= 0.6 is 0 Å². The largest absolute Gasteiger partial charge is 0.493 e. The first-order valence-corrected chi connectivity index (χ1v) is 4.46. The van der Waals surface area contributed by atoms with E-state index in [1.807, 2.05) is 0 Å². The van der Waals surface area contributed by atoms with E-state index < -0.39 is 6.10 Å². The minimum Gasteiger partial charge on any atom is -0.493 e. The monoisotopic (exact) mass is 208 g/mol. The Morgan fingerprint density at radius 1 is 1.53 bits per heavy atom. The number of hydrogen-bond acceptors (Lipinski definition) is 4. The second-order valence-electron chi connectivity index (χ2n) is 3.16. The van der Waals surface area contributed by atoms with Crippen molar-refractivity contribution in [2.75, 3.05) is 7.11 Å². The second kappa shape index (κ2) is 3.74. The summed E-state index contributed by atoms with van der Waals surface area (Å²) in [5.74, 6) is 0.561. The van der Waals surface area contributed by atoms with Gasteiger partial charge in [-0.25, -0.2) is 0 Å². The first kappa shape index (κ1) is 9.72. The Bertz CT molecular complexity index is 435. The van der Waals surface area contributed by atoms with Crippen molar-refractivity contribution in [2.24, 2.45) is 7.05 Å². The number of aliphatic hydroxyl groups is 1. The van der Waals surface area contributed by atoms with Gasteiger partial charge in [-0.3, -0.25) is 9.78 Å². The molecule has 2 rings (SSSR count). The Balaban J connectivity index is 2.40. The van der Waals surface area contributed by atoms with Crippen LogP contribution in [0, 0.1) is 0 Å². The molecule has 6 nitrogen and oxygen atoms in total. The average molecular weight is 208 g/mol. The summed E-state index contributed by atoms with van der Waals surface area (Å²) < 4.78 is 6.69. The van der Waals surface area contributed by atoms with Crippen LogP contribution in [0.5, 0.6) is 5.75 Å². The van der Waals surface area contributed by atoms with Gasteiger partial charge in [0.15, 0.2) is 5.75 Å². The van der Waals surface area contributed by atoms with Crippen molar-refractivity contribution < 1.29 is 9.84 Å². The van der Waals surface area contributed by atoms with E-state index in [0.717, 1.165) is 0 Å². The summed E-state index contributed by atoms with van der Waals surface area (Å²) in [6, 6.07) is 0. The van der Waals surface area contributed by atoms with Crippen LogP contribution in [-0.4, -0.2) is 32.2 Å². The third-order valence-electron chi connectivity index (χ3n) is 2.26. The maximum absolute atomic E-state index is 10.1. The van der Waals surface area contributed by atoms with Gasteiger partial charge in [0.1, 0.15) is 11.8 Å². The number of aromatic amines is 1. The van der Waals surface area contributed by atoms with Crippen LogP contribution in [-0.2, 0) is 7.05 Å². The molecule has 0 saturated heterocycles. The topological polar surface area (TPSA) is 76.0 Å². The van der Waals surface area contributed by atoms with Gasteiger partial charge in [-0.05, 0) is 0 Å². The van der Waals surface area contributed by atoms with Gasteiger partial charge in [-0.1, -0.05) is 0 Å². The molecule has 0 radical (unpaired) electrons. The molecule has 0 spiro atoms. The zero-order chi connectivity index (χ0) is 10.8. The van der Waals surface area contributed by atoms with Gasteiger partial charge in [0, 0.05) is 18.8 Å². The van der Waals surface area contributed by atoms with Gasteiger partial charge < -0.3 is 9.84 Å². The minimum absolute atomic E-state index is 0.561. The van der Waals surface area contributed by atoms with Crippen LogP contribution in [0.3, 0.4) is 0 Å². The summed E-state index contributed by atoms with van der Waals surface area (Å²) in [6.07, 6.45) is 3.98. The van der Waals surface area contributed by atoms with E-state index in [1.165, 1.54) is 0 Å². The van der Waals surface area contributed by atoms with E-state index in [4.69, 9.17) is 4.74 Å². The fourth-order valence-corrected chi connectivity index (χ4v) is 1.46. The van der Waals surface area contributed by atoms with Crippen LogP contribution < -0.4 is 4.74 Å². The van der Waals surface area contributed by atoms with Gasteiger partial charge in [0.25, 0.3) is 0 Å². The van der Waals surface area contributed by atoms with Crippen molar-refractivity contribution in [3.8, 4) is 5.75 Å². The Morgan fingerprint density at radius 2 is 2.33 bits per heavy atom. The highest BCUT2D eigenvalue weighted by Gasteiger charge is 2.20. The maximum atomic E-state index is 10.1. The second-order valence-corrected chi connectivity index (χ2v) is 3.16. The number of ether oxygens (including phenoxy) is 1. The van der Waals surface area contributed by atoms with E-state index in [1.54, 1.807) is 37.4 Å². The Morgan fingerprint density at radius 3 is 2.93 bits per heavy atom. The van der Waals surface area contributed by atoms with Crippen molar-refractivity contribution in [1.29, 1.82) is 0 Å². The normalized spacial score (nSPS) is 12.7. The summed E-state index contributed by atoms with van der Waals surface area (Å²) >= 11 is 0. The van der Waals surface area contributed by atoms with Gasteiger partial charge in [-0.2, -0.15) is 10.2 Å². The Labute approximate surface area is 86.5 Å². The third kappa shape index (κ3) is 1.59. The number of H-pyrrole nitrogens is 1. The highest BCUT2D eigenvalue weighted by molar-refractivity contribution is 5.32. The molecule has 0 fully saturated rings. The molecule has 0 saturated carbocycles. The fourth-order valence-electron chi connectivity index (χ4n) is 1.46. The standard InChI is InChI=1S/C9H12N4O2/c1-13-8(7(15-2)5-12-13)9(14)6-3-10-11-4-6/h3-5,9,14H,1-2H3,(H,10,11). The summed E-state index contributed by atoms with van der Waals surface area (Å²) in [5.41, 5.74) is 1.29. The molecule has 0 aromatic carbocycles. The predicted molar refractivity (Wildman–Crippen MR) is 52.4 cm³/mol. The van der Waals surface area contributed by atoms with E-state index in [0.29, 0.717) is 17.0 Å².